The van der Waals surface area contributed by atoms with Crippen molar-refractivity contribution >= 4 is 10.9 Å². The number of aromatic amines is 1. The molecule has 1 atom stereocenters. The molecule has 0 unspecified atom stereocenters. The molecule has 23 heavy (non-hydrogen) atoms. The van der Waals surface area contributed by atoms with Crippen LogP contribution in [0.5, 0.6) is 5.75 Å². The zero-order valence-corrected chi connectivity index (χ0v) is 11.9. The fraction of sp³-hybridized carbons (Fsp3) is 0.267. The summed E-state index contributed by atoms with van der Waals surface area (Å²) in [5.74, 6) is 0.597. The topological polar surface area (TPSA) is 63.1 Å². The highest BCUT2D eigenvalue weighted by molar-refractivity contribution is 5.85. The molecule has 0 aliphatic carbocycles. The number of rotatable bonds is 5. The van der Waals surface area contributed by atoms with Crippen LogP contribution in [0.15, 0.2) is 42.7 Å². The van der Waals surface area contributed by atoms with E-state index in [1.54, 1.807) is 12.3 Å². The summed E-state index contributed by atoms with van der Waals surface area (Å²) >= 11 is 0. The predicted octanol–water partition coefficient (Wildman–Crippen LogP) is 2.82. The monoisotopic (exact) mass is 325 g/mol. The number of benzene rings is 1. The van der Waals surface area contributed by atoms with Gasteiger partial charge in [-0.1, -0.05) is 6.07 Å². The second-order valence-electron chi connectivity index (χ2n) is 5.08. The number of hydrogen-bond donors (Lipinski definition) is 2. The van der Waals surface area contributed by atoms with Crippen molar-refractivity contribution < 1.29 is 23.0 Å². The zero-order chi connectivity index (χ0) is 16.4. The average Bonchev–Trinajstić information content (AvgIpc) is 3.13. The number of hydrogen-bond acceptors (Lipinski definition) is 3. The third-order valence-corrected chi connectivity index (χ3v) is 3.32. The number of aliphatic hydroxyl groups is 1. The molecule has 3 aromatic rings. The number of nitrogens with zero attached hydrogens (tertiary/aromatic N) is 2. The van der Waals surface area contributed by atoms with E-state index < -0.39 is 18.0 Å². The third kappa shape index (κ3) is 3.48. The van der Waals surface area contributed by atoms with E-state index in [4.69, 9.17) is 4.74 Å². The Morgan fingerprint density at radius 3 is 2.83 bits per heavy atom. The van der Waals surface area contributed by atoms with Gasteiger partial charge in [-0.25, -0.2) is 0 Å². The summed E-state index contributed by atoms with van der Waals surface area (Å²) in [5, 5.41) is 14.2. The van der Waals surface area contributed by atoms with Crippen molar-refractivity contribution in [3.05, 3.63) is 48.4 Å². The molecule has 2 heterocycles. The number of alkyl halides is 3. The van der Waals surface area contributed by atoms with Gasteiger partial charge in [0, 0.05) is 23.3 Å². The quantitative estimate of drug-likeness (QED) is 0.758. The first-order valence-electron chi connectivity index (χ1n) is 6.91. The molecule has 5 nitrogen and oxygen atoms in total. The van der Waals surface area contributed by atoms with Gasteiger partial charge in [0.05, 0.1) is 6.54 Å². The highest BCUT2D eigenvalue weighted by Crippen LogP contribution is 2.27. The molecule has 0 aliphatic heterocycles. The number of ether oxygens (including phenoxy) is 1. The van der Waals surface area contributed by atoms with E-state index in [0.717, 1.165) is 21.7 Å². The van der Waals surface area contributed by atoms with E-state index in [1.807, 2.05) is 18.2 Å². The molecule has 0 saturated carbocycles. The summed E-state index contributed by atoms with van der Waals surface area (Å²) in [7, 11) is 0. The maximum atomic E-state index is 12.5. The Morgan fingerprint density at radius 1 is 1.26 bits per heavy atom. The Morgan fingerprint density at radius 2 is 2.09 bits per heavy atom. The number of fused-ring (bicyclic) bond motifs is 1. The van der Waals surface area contributed by atoms with Crippen LogP contribution in [0, 0.1) is 0 Å². The van der Waals surface area contributed by atoms with E-state index in [1.165, 1.54) is 6.20 Å². The smallest absolute Gasteiger partial charge is 0.435 e. The first-order valence-corrected chi connectivity index (χ1v) is 6.91. The van der Waals surface area contributed by atoms with Crippen molar-refractivity contribution in [2.75, 3.05) is 6.61 Å². The Hall–Kier alpha value is -2.48. The molecule has 2 N–H and O–H groups in total. The fourth-order valence-corrected chi connectivity index (χ4v) is 2.25. The molecular weight excluding hydrogens is 311 g/mol. The summed E-state index contributed by atoms with van der Waals surface area (Å²) in [6, 6.07) is 8.18. The largest absolute Gasteiger partial charge is 0.490 e. The number of aliphatic hydroxyl groups excluding tert-OH is 1. The maximum Gasteiger partial charge on any atom is 0.435 e. The molecule has 1 aromatic carbocycles. The van der Waals surface area contributed by atoms with Gasteiger partial charge >= 0.3 is 6.18 Å². The molecule has 0 saturated heterocycles. The average molecular weight is 325 g/mol. The van der Waals surface area contributed by atoms with Crippen molar-refractivity contribution in [1.29, 1.82) is 0 Å². The van der Waals surface area contributed by atoms with Crippen molar-refractivity contribution in [3.63, 3.8) is 0 Å². The minimum atomic E-state index is -4.49. The molecule has 0 amide bonds. The summed E-state index contributed by atoms with van der Waals surface area (Å²) < 4.78 is 44.0. The third-order valence-electron chi connectivity index (χ3n) is 3.32. The second-order valence-corrected chi connectivity index (χ2v) is 5.08. The number of H-pyrrole nitrogens is 1. The number of halogens is 3. The van der Waals surface area contributed by atoms with Gasteiger partial charge in [0.2, 0.25) is 0 Å². The molecule has 3 rings (SSSR count). The molecule has 8 heteroatoms. The van der Waals surface area contributed by atoms with E-state index in [9.17, 15) is 18.3 Å². The molecule has 2 aromatic heterocycles. The van der Waals surface area contributed by atoms with E-state index in [0.29, 0.717) is 5.75 Å². The van der Waals surface area contributed by atoms with Crippen LogP contribution in [-0.4, -0.2) is 32.6 Å². The lowest BCUT2D eigenvalue weighted by atomic mass is 10.2. The lowest BCUT2D eigenvalue weighted by molar-refractivity contribution is -0.141. The first kappa shape index (κ1) is 15.4. The van der Waals surface area contributed by atoms with Gasteiger partial charge in [0.15, 0.2) is 5.69 Å². The number of aromatic nitrogens is 3. The molecular formula is C15H14F3N3O2. The van der Waals surface area contributed by atoms with Gasteiger partial charge in [-0.2, -0.15) is 18.3 Å². The Labute approximate surface area is 129 Å². The lowest BCUT2D eigenvalue weighted by Gasteiger charge is -2.13. The summed E-state index contributed by atoms with van der Waals surface area (Å²) in [4.78, 5) is 3.04. The highest BCUT2D eigenvalue weighted by atomic mass is 19.4. The number of nitrogens with one attached hydrogen (secondary N) is 1. The molecule has 0 fully saturated rings. The van der Waals surface area contributed by atoms with Gasteiger partial charge < -0.3 is 14.8 Å². The van der Waals surface area contributed by atoms with E-state index in [-0.39, 0.29) is 13.2 Å². The molecule has 0 radical (unpaired) electrons. The van der Waals surface area contributed by atoms with Gasteiger partial charge in [-0.05, 0) is 24.3 Å². The van der Waals surface area contributed by atoms with Crippen LogP contribution in [0.4, 0.5) is 13.2 Å². The van der Waals surface area contributed by atoms with Crippen LogP contribution in [0.25, 0.3) is 10.9 Å². The lowest BCUT2D eigenvalue weighted by Crippen LogP contribution is -2.24. The highest BCUT2D eigenvalue weighted by Gasteiger charge is 2.33. The fourth-order valence-electron chi connectivity index (χ4n) is 2.25. The van der Waals surface area contributed by atoms with Crippen LogP contribution in [0.3, 0.4) is 0 Å². The predicted molar refractivity (Wildman–Crippen MR) is 77.0 cm³/mol. The van der Waals surface area contributed by atoms with Crippen LogP contribution in [0.1, 0.15) is 5.69 Å². The minimum absolute atomic E-state index is 0.0501. The normalized spacial score (nSPS) is 13.4. The second kappa shape index (κ2) is 5.96. The zero-order valence-electron chi connectivity index (χ0n) is 11.9. The van der Waals surface area contributed by atoms with Crippen molar-refractivity contribution in [3.8, 4) is 5.75 Å². The summed E-state index contributed by atoms with van der Waals surface area (Å²) in [6.07, 6.45) is -2.52. The minimum Gasteiger partial charge on any atom is -0.490 e. The Bertz CT molecular complexity index is 794. The first-order chi connectivity index (χ1) is 10.9. The van der Waals surface area contributed by atoms with Crippen molar-refractivity contribution in [2.45, 2.75) is 18.8 Å². The van der Waals surface area contributed by atoms with Gasteiger partial charge in [0.1, 0.15) is 18.5 Å². The van der Waals surface area contributed by atoms with Gasteiger partial charge in [-0.15, -0.1) is 0 Å². The summed E-state index contributed by atoms with van der Waals surface area (Å²) in [6.45, 7) is -0.134. The SMILES string of the molecule is O[C@H](COc1cccc2[nH]ccc12)Cn1ccc(C(F)(F)F)n1. The van der Waals surface area contributed by atoms with Crippen LogP contribution in [-0.2, 0) is 12.7 Å². The molecule has 0 spiro atoms. The molecule has 122 valence electrons. The van der Waals surface area contributed by atoms with E-state index >= 15 is 0 Å². The maximum absolute atomic E-state index is 12.5. The molecule has 0 aliphatic rings. The van der Waals surface area contributed by atoms with Crippen LogP contribution in [0.2, 0.25) is 0 Å². The standard InChI is InChI=1S/C15H14F3N3O2/c16-15(17,18)14-5-7-21(20-14)8-10(22)9-23-13-3-1-2-12-11(13)4-6-19-12/h1-7,10,19,22H,8-9H2/t10-/m0/s1. The van der Waals surface area contributed by atoms with Crippen LogP contribution >= 0.6 is 0 Å². The van der Waals surface area contributed by atoms with E-state index in [2.05, 4.69) is 10.1 Å². The Kier molecular flexibility index (Phi) is 3.99. The van der Waals surface area contributed by atoms with Crippen LogP contribution < -0.4 is 4.74 Å². The van der Waals surface area contributed by atoms with Crippen molar-refractivity contribution in [1.82, 2.24) is 14.8 Å². The van der Waals surface area contributed by atoms with Crippen molar-refractivity contribution in [2.24, 2.45) is 0 Å². The summed E-state index contributed by atoms with van der Waals surface area (Å²) in [5.41, 5.74) is -0.0819. The molecule has 0 bridgehead atoms. The van der Waals surface area contributed by atoms with Gasteiger partial charge in [0.25, 0.3) is 0 Å². The van der Waals surface area contributed by atoms with Gasteiger partial charge in [-0.3, -0.25) is 4.68 Å². The Balaban J connectivity index is 1.60.